The van der Waals surface area contributed by atoms with Crippen LogP contribution in [0.25, 0.3) is 0 Å². The molecule has 2 aromatic rings. The number of fused-ring (bicyclic) bond motifs is 1. The van der Waals surface area contributed by atoms with Crippen molar-refractivity contribution in [3.63, 3.8) is 0 Å². The van der Waals surface area contributed by atoms with E-state index in [2.05, 4.69) is 5.32 Å². The third kappa shape index (κ3) is 4.08. The maximum absolute atomic E-state index is 12.2. The molecular weight excluding hydrogens is 332 g/mol. The van der Waals surface area contributed by atoms with Crippen LogP contribution in [0.4, 0.5) is 5.69 Å². The van der Waals surface area contributed by atoms with Gasteiger partial charge in [-0.15, -0.1) is 0 Å². The third-order valence-electron chi connectivity index (χ3n) is 4.43. The molecule has 0 atom stereocenters. The highest BCUT2D eigenvalue weighted by Gasteiger charge is 2.25. The molecule has 0 aliphatic carbocycles. The predicted molar refractivity (Wildman–Crippen MR) is 97.2 cm³/mol. The topological polar surface area (TPSA) is 86.7 Å². The van der Waals surface area contributed by atoms with Crippen LogP contribution in [0.1, 0.15) is 27.9 Å². The van der Waals surface area contributed by atoms with Crippen LogP contribution in [0.3, 0.4) is 0 Å². The van der Waals surface area contributed by atoms with E-state index in [-0.39, 0.29) is 23.9 Å². The lowest BCUT2D eigenvalue weighted by atomic mass is 10.0. The molecule has 0 radical (unpaired) electrons. The van der Waals surface area contributed by atoms with Gasteiger partial charge in [-0.05, 0) is 42.2 Å². The van der Waals surface area contributed by atoms with E-state index in [1.54, 1.807) is 24.3 Å². The molecule has 6 nitrogen and oxygen atoms in total. The zero-order valence-corrected chi connectivity index (χ0v) is 14.3. The molecule has 1 heterocycles. The first-order chi connectivity index (χ1) is 12.5. The first kappa shape index (κ1) is 17.7. The SMILES string of the molecule is O=C(CN1C(=O)CCc2ccccc21)NCCc1ccc(C(=O)O)cc1. The summed E-state index contributed by atoms with van der Waals surface area (Å²) in [5.41, 5.74) is 3.07. The zero-order chi connectivity index (χ0) is 18.5. The molecule has 3 rings (SSSR count). The molecule has 0 unspecified atom stereocenters. The standard InChI is InChI=1S/C20H20N2O4/c23-18(21-12-11-14-5-7-16(8-6-14)20(25)26)13-22-17-4-2-1-3-15(17)9-10-19(22)24/h1-8H,9-13H2,(H,21,23)(H,25,26). The van der Waals surface area contributed by atoms with Crippen LogP contribution in [0, 0.1) is 0 Å². The van der Waals surface area contributed by atoms with Crippen LogP contribution in [0.2, 0.25) is 0 Å². The number of hydrogen-bond donors (Lipinski definition) is 2. The van der Waals surface area contributed by atoms with Gasteiger partial charge < -0.3 is 15.3 Å². The van der Waals surface area contributed by atoms with Gasteiger partial charge in [0.15, 0.2) is 0 Å². The summed E-state index contributed by atoms with van der Waals surface area (Å²) in [4.78, 5) is 36.8. The number of nitrogens with one attached hydrogen (secondary N) is 1. The van der Waals surface area contributed by atoms with Crippen molar-refractivity contribution < 1.29 is 19.5 Å². The molecule has 0 saturated heterocycles. The number of aromatic carboxylic acids is 1. The summed E-state index contributed by atoms with van der Waals surface area (Å²) in [5, 5.41) is 11.7. The molecule has 134 valence electrons. The van der Waals surface area contributed by atoms with Gasteiger partial charge >= 0.3 is 5.97 Å². The number of hydrogen-bond acceptors (Lipinski definition) is 3. The van der Waals surface area contributed by atoms with Gasteiger partial charge in [-0.2, -0.15) is 0 Å². The molecule has 2 amide bonds. The quantitative estimate of drug-likeness (QED) is 0.833. The molecular formula is C20H20N2O4. The Hall–Kier alpha value is -3.15. The third-order valence-corrected chi connectivity index (χ3v) is 4.43. The molecule has 2 aromatic carbocycles. The fourth-order valence-corrected chi connectivity index (χ4v) is 3.03. The van der Waals surface area contributed by atoms with Gasteiger partial charge in [0.2, 0.25) is 11.8 Å². The van der Waals surface area contributed by atoms with E-state index in [4.69, 9.17) is 5.11 Å². The Morgan fingerprint density at radius 3 is 2.50 bits per heavy atom. The molecule has 0 spiro atoms. The zero-order valence-electron chi connectivity index (χ0n) is 14.3. The average Bonchev–Trinajstić information content (AvgIpc) is 2.64. The number of carbonyl (C=O) groups is 3. The van der Waals surface area contributed by atoms with E-state index in [1.807, 2.05) is 24.3 Å². The molecule has 0 bridgehead atoms. The minimum atomic E-state index is -0.962. The highest BCUT2D eigenvalue weighted by Crippen LogP contribution is 2.26. The molecule has 1 aliphatic rings. The summed E-state index contributed by atoms with van der Waals surface area (Å²) in [7, 11) is 0. The van der Waals surface area contributed by atoms with Crippen molar-refractivity contribution in [1.29, 1.82) is 0 Å². The second-order valence-corrected chi connectivity index (χ2v) is 6.21. The van der Waals surface area contributed by atoms with Crippen molar-refractivity contribution in [2.45, 2.75) is 19.3 Å². The first-order valence-corrected chi connectivity index (χ1v) is 8.52. The number of para-hydroxylation sites is 1. The van der Waals surface area contributed by atoms with Crippen molar-refractivity contribution in [3.8, 4) is 0 Å². The second kappa shape index (κ2) is 7.82. The van der Waals surface area contributed by atoms with Crippen LogP contribution in [0.15, 0.2) is 48.5 Å². The normalized spacial score (nSPS) is 13.2. The molecule has 0 saturated carbocycles. The number of carbonyl (C=O) groups excluding carboxylic acids is 2. The van der Waals surface area contributed by atoms with Gasteiger partial charge in [-0.1, -0.05) is 30.3 Å². The summed E-state index contributed by atoms with van der Waals surface area (Å²) >= 11 is 0. The Bertz CT molecular complexity index is 830. The fourth-order valence-electron chi connectivity index (χ4n) is 3.03. The van der Waals surface area contributed by atoms with Crippen LogP contribution in [0.5, 0.6) is 0 Å². The highest BCUT2D eigenvalue weighted by atomic mass is 16.4. The number of carboxylic acids is 1. The van der Waals surface area contributed by atoms with Gasteiger partial charge in [0.25, 0.3) is 0 Å². The van der Waals surface area contributed by atoms with Crippen LogP contribution < -0.4 is 10.2 Å². The first-order valence-electron chi connectivity index (χ1n) is 8.52. The second-order valence-electron chi connectivity index (χ2n) is 6.21. The molecule has 2 N–H and O–H groups in total. The number of benzene rings is 2. The van der Waals surface area contributed by atoms with Gasteiger partial charge in [-0.3, -0.25) is 9.59 Å². The Kier molecular flexibility index (Phi) is 5.31. The van der Waals surface area contributed by atoms with E-state index < -0.39 is 5.97 Å². The van der Waals surface area contributed by atoms with Crippen molar-refractivity contribution in [2.24, 2.45) is 0 Å². The maximum Gasteiger partial charge on any atom is 0.335 e. The van der Waals surface area contributed by atoms with Gasteiger partial charge in [-0.25, -0.2) is 4.79 Å². The Morgan fingerprint density at radius 2 is 1.77 bits per heavy atom. The van der Waals surface area contributed by atoms with Crippen LogP contribution in [-0.2, 0) is 22.4 Å². The average molecular weight is 352 g/mol. The lowest BCUT2D eigenvalue weighted by molar-refractivity contribution is -0.124. The van der Waals surface area contributed by atoms with Crippen molar-refractivity contribution in [2.75, 3.05) is 18.0 Å². The van der Waals surface area contributed by atoms with Gasteiger partial charge in [0.05, 0.1) is 5.56 Å². The van der Waals surface area contributed by atoms with Crippen molar-refractivity contribution in [3.05, 3.63) is 65.2 Å². The Labute approximate surface area is 151 Å². The van der Waals surface area contributed by atoms with Crippen LogP contribution >= 0.6 is 0 Å². The van der Waals surface area contributed by atoms with Gasteiger partial charge in [0.1, 0.15) is 6.54 Å². The lowest BCUT2D eigenvalue weighted by Gasteiger charge is -2.28. The van der Waals surface area contributed by atoms with Crippen molar-refractivity contribution in [1.82, 2.24) is 5.32 Å². The summed E-state index contributed by atoms with van der Waals surface area (Å²) < 4.78 is 0. The summed E-state index contributed by atoms with van der Waals surface area (Å²) in [6.45, 7) is 0.433. The lowest BCUT2D eigenvalue weighted by Crippen LogP contribution is -2.43. The Morgan fingerprint density at radius 1 is 1.04 bits per heavy atom. The van der Waals surface area contributed by atoms with E-state index >= 15 is 0 Å². The van der Waals surface area contributed by atoms with Crippen molar-refractivity contribution >= 4 is 23.5 Å². The molecule has 1 aliphatic heterocycles. The largest absolute Gasteiger partial charge is 0.478 e. The number of amides is 2. The van der Waals surface area contributed by atoms with E-state index in [0.717, 1.165) is 16.8 Å². The number of aryl methyl sites for hydroxylation is 1. The Balaban J connectivity index is 1.53. The van der Waals surface area contributed by atoms with Crippen LogP contribution in [-0.4, -0.2) is 36.0 Å². The number of carboxylic acid groups (broad SMARTS) is 1. The summed E-state index contributed by atoms with van der Waals surface area (Å²) in [6, 6.07) is 14.2. The minimum Gasteiger partial charge on any atom is -0.478 e. The molecule has 26 heavy (non-hydrogen) atoms. The molecule has 0 fully saturated rings. The number of anilines is 1. The van der Waals surface area contributed by atoms with E-state index in [0.29, 0.717) is 25.8 Å². The minimum absolute atomic E-state index is 0.00774. The number of nitrogens with zero attached hydrogens (tertiary/aromatic N) is 1. The van der Waals surface area contributed by atoms with E-state index in [9.17, 15) is 14.4 Å². The predicted octanol–water partition coefficient (Wildman–Crippen LogP) is 2.02. The van der Waals surface area contributed by atoms with E-state index in [1.165, 1.54) is 4.90 Å². The highest BCUT2D eigenvalue weighted by molar-refractivity contribution is 6.01. The fraction of sp³-hybridized carbons (Fsp3) is 0.250. The summed E-state index contributed by atoms with van der Waals surface area (Å²) in [5.74, 6) is -1.21. The summed E-state index contributed by atoms with van der Waals surface area (Å²) in [6.07, 6.45) is 1.72. The van der Waals surface area contributed by atoms with Gasteiger partial charge in [0, 0.05) is 18.7 Å². The maximum atomic E-state index is 12.2. The smallest absolute Gasteiger partial charge is 0.335 e. The monoisotopic (exact) mass is 352 g/mol. The number of rotatable bonds is 6. The molecule has 0 aromatic heterocycles. The molecule has 6 heteroatoms.